The number of hydrogen-bond acceptors (Lipinski definition) is 3. The number of aliphatic hydroxyl groups is 1. The van der Waals surface area contributed by atoms with Crippen LogP contribution in [-0.4, -0.2) is 29.2 Å². The molecule has 88 valence electrons. The van der Waals surface area contributed by atoms with Crippen molar-refractivity contribution in [3.05, 3.63) is 0 Å². The first-order valence-corrected chi connectivity index (χ1v) is 5.61. The fourth-order valence-electron chi connectivity index (χ4n) is 1.49. The fourth-order valence-corrected chi connectivity index (χ4v) is 1.49. The van der Waals surface area contributed by atoms with E-state index in [-0.39, 0.29) is 18.4 Å². The lowest BCUT2D eigenvalue weighted by Gasteiger charge is -2.24. The van der Waals surface area contributed by atoms with E-state index in [4.69, 9.17) is 5.73 Å². The van der Waals surface area contributed by atoms with Crippen LogP contribution in [0.2, 0.25) is 0 Å². The third kappa shape index (κ3) is 3.18. The molecule has 0 radical (unpaired) electrons. The zero-order valence-electron chi connectivity index (χ0n) is 9.79. The highest BCUT2D eigenvalue weighted by atomic mass is 16.3. The minimum atomic E-state index is -0.767. The summed E-state index contributed by atoms with van der Waals surface area (Å²) in [5.41, 5.74) is 5.17. The van der Waals surface area contributed by atoms with E-state index < -0.39 is 11.6 Å². The summed E-state index contributed by atoms with van der Waals surface area (Å²) in [6.45, 7) is 5.89. The molecule has 2 unspecified atom stereocenters. The van der Waals surface area contributed by atoms with Crippen molar-refractivity contribution in [2.45, 2.75) is 45.3 Å². The third-order valence-electron chi connectivity index (χ3n) is 3.16. The summed E-state index contributed by atoms with van der Waals surface area (Å²) in [5.74, 6) is 0.314. The molecule has 1 fully saturated rings. The Morgan fingerprint density at radius 1 is 1.60 bits per heavy atom. The van der Waals surface area contributed by atoms with Crippen molar-refractivity contribution >= 4 is 5.91 Å². The largest absolute Gasteiger partial charge is 0.391 e. The second-order valence-electron chi connectivity index (χ2n) is 5.08. The molecule has 0 aliphatic heterocycles. The maximum Gasteiger partial charge on any atom is 0.240 e. The van der Waals surface area contributed by atoms with Gasteiger partial charge in [-0.3, -0.25) is 4.79 Å². The fraction of sp³-hybridized carbons (Fsp3) is 0.909. The van der Waals surface area contributed by atoms with Crippen LogP contribution in [0.25, 0.3) is 0 Å². The zero-order chi connectivity index (χ0) is 11.6. The molecule has 0 bridgehead atoms. The van der Waals surface area contributed by atoms with Crippen LogP contribution in [0.4, 0.5) is 0 Å². The van der Waals surface area contributed by atoms with Crippen LogP contribution in [0.15, 0.2) is 0 Å². The first kappa shape index (κ1) is 12.5. The van der Waals surface area contributed by atoms with Gasteiger partial charge >= 0.3 is 0 Å². The first-order chi connectivity index (χ1) is 6.85. The quantitative estimate of drug-likeness (QED) is 0.614. The average Bonchev–Trinajstić information content (AvgIpc) is 2.95. The lowest BCUT2D eigenvalue weighted by atomic mass is 9.96. The summed E-state index contributed by atoms with van der Waals surface area (Å²) in [5, 5.41) is 12.3. The van der Waals surface area contributed by atoms with E-state index in [1.807, 2.05) is 13.8 Å². The highest BCUT2D eigenvalue weighted by Crippen LogP contribution is 2.38. The van der Waals surface area contributed by atoms with Gasteiger partial charge in [0, 0.05) is 6.54 Å². The molecular weight excluding hydrogens is 192 g/mol. The van der Waals surface area contributed by atoms with Gasteiger partial charge in [0.1, 0.15) is 0 Å². The molecule has 1 aliphatic carbocycles. The van der Waals surface area contributed by atoms with Crippen molar-refractivity contribution in [2.75, 3.05) is 6.54 Å². The Bertz CT molecular complexity index is 235. The average molecular weight is 214 g/mol. The molecular formula is C11H22N2O2. The second-order valence-corrected chi connectivity index (χ2v) is 5.08. The number of carbonyl (C=O) groups excluding carboxylic acids is 1. The van der Waals surface area contributed by atoms with Gasteiger partial charge in [0.15, 0.2) is 0 Å². The van der Waals surface area contributed by atoms with Gasteiger partial charge < -0.3 is 16.2 Å². The normalized spacial score (nSPS) is 22.3. The molecule has 0 aromatic carbocycles. The number of amides is 1. The molecule has 1 aliphatic rings. The summed E-state index contributed by atoms with van der Waals surface area (Å²) in [7, 11) is 0. The van der Waals surface area contributed by atoms with Crippen LogP contribution >= 0.6 is 0 Å². The molecule has 1 saturated carbocycles. The van der Waals surface area contributed by atoms with Crippen LogP contribution in [0.5, 0.6) is 0 Å². The SMILES string of the molecule is CC(C)C(O)CNC(=O)C(C)(N)C1CC1. The Hall–Kier alpha value is -0.610. The predicted molar refractivity (Wildman–Crippen MR) is 59.2 cm³/mol. The summed E-state index contributed by atoms with van der Waals surface area (Å²) in [6.07, 6.45) is 1.57. The Labute approximate surface area is 91.2 Å². The molecule has 0 heterocycles. The van der Waals surface area contributed by atoms with E-state index in [1.54, 1.807) is 6.92 Å². The topological polar surface area (TPSA) is 75.3 Å². The predicted octanol–water partition coefficient (Wildman–Crippen LogP) is 0.247. The number of rotatable bonds is 5. The van der Waals surface area contributed by atoms with Gasteiger partial charge in [0.05, 0.1) is 11.6 Å². The molecule has 0 aromatic rings. The molecule has 4 nitrogen and oxygen atoms in total. The van der Waals surface area contributed by atoms with Crippen LogP contribution in [0.1, 0.15) is 33.6 Å². The number of nitrogens with one attached hydrogen (secondary N) is 1. The summed E-state index contributed by atoms with van der Waals surface area (Å²) in [6, 6.07) is 0. The second kappa shape index (κ2) is 4.49. The van der Waals surface area contributed by atoms with E-state index in [0.717, 1.165) is 12.8 Å². The van der Waals surface area contributed by atoms with Crippen LogP contribution in [0, 0.1) is 11.8 Å². The Morgan fingerprint density at radius 3 is 2.53 bits per heavy atom. The van der Waals surface area contributed by atoms with Crippen molar-refractivity contribution in [3.8, 4) is 0 Å². The molecule has 0 spiro atoms. The van der Waals surface area contributed by atoms with Crippen molar-refractivity contribution in [2.24, 2.45) is 17.6 Å². The van der Waals surface area contributed by atoms with Gasteiger partial charge in [0.2, 0.25) is 5.91 Å². The van der Waals surface area contributed by atoms with Crippen LogP contribution < -0.4 is 11.1 Å². The van der Waals surface area contributed by atoms with Gasteiger partial charge in [-0.05, 0) is 31.6 Å². The van der Waals surface area contributed by atoms with E-state index in [0.29, 0.717) is 5.92 Å². The zero-order valence-corrected chi connectivity index (χ0v) is 9.79. The highest BCUT2D eigenvalue weighted by Gasteiger charge is 2.43. The van der Waals surface area contributed by atoms with Gasteiger partial charge in [-0.2, -0.15) is 0 Å². The van der Waals surface area contributed by atoms with Crippen molar-refractivity contribution < 1.29 is 9.90 Å². The number of carbonyl (C=O) groups is 1. The number of hydrogen-bond donors (Lipinski definition) is 3. The maximum atomic E-state index is 11.7. The van der Waals surface area contributed by atoms with Gasteiger partial charge in [-0.1, -0.05) is 13.8 Å². The van der Waals surface area contributed by atoms with E-state index in [1.165, 1.54) is 0 Å². The highest BCUT2D eigenvalue weighted by molar-refractivity contribution is 5.86. The summed E-state index contributed by atoms with van der Waals surface area (Å²) >= 11 is 0. The van der Waals surface area contributed by atoms with Crippen molar-refractivity contribution in [1.82, 2.24) is 5.32 Å². The standard InChI is InChI=1S/C11H22N2O2/c1-7(2)9(14)6-13-10(15)11(3,12)8-4-5-8/h7-9,14H,4-6,12H2,1-3H3,(H,13,15). The van der Waals surface area contributed by atoms with Crippen LogP contribution in [0.3, 0.4) is 0 Å². The van der Waals surface area contributed by atoms with E-state index in [2.05, 4.69) is 5.32 Å². The van der Waals surface area contributed by atoms with Gasteiger partial charge in [-0.25, -0.2) is 0 Å². The minimum Gasteiger partial charge on any atom is -0.391 e. The third-order valence-corrected chi connectivity index (χ3v) is 3.16. The Balaban J connectivity index is 2.35. The molecule has 4 N–H and O–H groups in total. The maximum absolute atomic E-state index is 11.7. The minimum absolute atomic E-state index is 0.148. The monoisotopic (exact) mass is 214 g/mol. The molecule has 0 saturated heterocycles. The first-order valence-electron chi connectivity index (χ1n) is 5.61. The number of aliphatic hydroxyl groups excluding tert-OH is 1. The molecule has 2 atom stereocenters. The van der Waals surface area contributed by atoms with Crippen LogP contribution in [-0.2, 0) is 4.79 Å². The lowest BCUT2D eigenvalue weighted by Crippen LogP contribution is -2.54. The molecule has 15 heavy (non-hydrogen) atoms. The smallest absolute Gasteiger partial charge is 0.240 e. The molecule has 4 heteroatoms. The van der Waals surface area contributed by atoms with Gasteiger partial charge in [0.25, 0.3) is 0 Å². The molecule has 0 aromatic heterocycles. The van der Waals surface area contributed by atoms with Gasteiger partial charge in [-0.15, -0.1) is 0 Å². The molecule has 1 rings (SSSR count). The lowest BCUT2D eigenvalue weighted by molar-refractivity contribution is -0.127. The van der Waals surface area contributed by atoms with Crippen molar-refractivity contribution in [1.29, 1.82) is 0 Å². The molecule has 1 amide bonds. The Morgan fingerprint density at radius 2 is 2.13 bits per heavy atom. The van der Waals surface area contributed by atoms with E-state index >= 15 is 0 Å². The summed E-state index contributed by atoms with van der Waals surface area (Å²) < 4.78 is 0. The van der Waals surface area contributed by atoms with Crippen molar-refractivity contribution in [3.63, 3.8) is 0 Å². The number of nitrogens with two attached hydrogens (primary N) is 1. The Kier molecular flexibility index (Phi) is 3.73. The summed E-state index contributed by atoms with van der Waals surface area (Å²) in [4.78, 5) is 11.7. The van der Waals surface area contributed by atoms with E-state index in [9.17, 15) is 9.90 Å².